The maximum Gasteiger partial charge on any atom is 0.241 e. The summed E-state index contributed by atoms with van der Waals surface area (Å²) in [5.74, 6) is 1.32. The number of aromatic nitrogens is 4. The Morgan fingerprint density at radius 3 is 3.18 bits per heavy atom. The average molecular weight is 336 g/mol. The van der Waals surface area contributed by atoms with Gasteiger partial charge in [0.1, 0.15) is 0 Å². The molecule has 0 radical (unpaired) electrons. The zero-order chi connectivity index (χ0) is 14.9. The van der Waals surface area contributed by atoms with Crippen molar-refractivity contribution in [2.75, 3.05) is 13.1 Å². The molecule has 1 unspecified atom stereocenters. The van der Waals surface area contributed by atoms with Gasteiger partial charge in [-0.1, -0.05) is 22.8 Å². The van der Waals surface area contributed by atoms with E-state index >= 15 is 0 Å². The molecule has 22 heavy (non-hydrogen) atoms. The Morgan fingerprint density at radius 1 is 1.45 bits per heavy atom. The second-order valence-electron chi connectivity index (χ2n) is 5.31. The van der Waals surface area contributed by atoms with Crippen molar-refractivity contribution in [1.82, 2.24) is 24.8 Å². The summed E-state index contributed by atoms with van der Waals surface area (Å²) in [6.45, 7) is 2.57. The molecule has 4 heterocycles. The molecule has 1 atom stereocenters. The molecule has 114 valence electrons. The smallest absolute Gasteiger partial charge is 0.241 e. The number of hydrogen-bond acceptors (Lipinski definition) is 6. The monoisotopic (exact) mass is 335 g/mol. The van der Waals surface area contributed by atoms with Gasteiger partial charge in [-0.15, -0.1) is 11.3 Å². The highest BCUT2D eigenvalue weighted by Gasteiger charge is 2.26. The molecule has 1 aliphatic rings. The molecule has 4 rings (SSSR count). The summed E-state index contributed by atoms with van der Waals surface area (Å²) < 4.78 is 7.29. The molecule has 6 nitrogen and oxygen atoms in total. The molecule has 0 aliphatic carbocycles. The number of likely N-dealkylation sites (tertiary alicyclic amines) is 1. The van der Waals surface area contributed by atoms with Crippen molar-refractivity contribution in [3.05, 3.63) is 40.8 Å². The minimum absolute atomic E-state index is 0.354. The van der Waals surface area contributed by atoms with Crippen LogP contribution in [0.3, 0.4) is 0 Å². The first-order chi connectivity index (χ1) is 10.8. The third-order valence-corrected chi connectivity index (χ3v) is 4.82. The first-order valence-electron chi connectivity index (χ1n) is 7.06. The van der Waals surface area contributed by atoms with Gasteiger partial charge in [-0.25, -0.2) is 0 Å². The fourth-order valence-corrected chi connectivity index (χ4v) is 3.50. The number of halogens is 1. The minimum atomic E-state index is 0.354. The molecule has 1 aliphatic heterocycles. The summed E-state index contributed by atoms with van der Waals surface area (Å²) in [4.78, 5) is 7.79. The van der Waals surface area contributed by atoms with E-state index in [0.29, 0.717) is 29.3 Å². The van der Waals surface area contributed by atoms with E-state index in [0.717, 1.165) is 24.4 Å². The lowest BCUT2D eigenvalue weighted by Crippen LogP contribution is -2.21. The van der Waals surface area contributed by atoms with Gasteiger partial charge < -0.3 is 4.52 Å². The van der Waals surface area contributed by atoms with Crippen molar-refractivity contribution in [3.8, 4) is 10.7 Å². The van der Waals surface area contributed by atoms with Gasteiger partial charge in [-0.3, -0.25) is 9.58 Å². The topological polar surface area (TPSA) is 60.0 Å². The zero-order valence-corrected chi connectivity index (χ0v) is 13.3. The first kappa shape index (κ1) is 13.9. The summed E-state index contributed by atoms with van der Waals surface area (Å²) in [6, 6.07) is 4.33. The summed E-state index contributed by atoms with van der Waals surface area (Å²) >= 11 is 7.54. The maximum absolute atomic E-state index is 5.93. The lowest BCUT2D eigenvalue weighted by atomic mass is 10.3. The third kappa shape index (κ3) is 2.79. The normalized spacial score (nSPS) is 19.0. The largest absolute Gasteiger partial charge is 0.338 e. The summed E-state index contributed by atoms with van der Waals surface area (Å²) in [5.41, 5.74) is 0. The number of thiophene rings is 1. The third-order valence-electron chi connectivity index (χ3n) is 3.76. The Hall–Kier alpha value is -1.70. The Balaban J connectivity index is 1.40. The Kier molecular flexibility index (Phi) is 3.69. The van der Waals surface area contributed by atoms with Crippen LogP contribution in [0, 0.1) is 0 Å². The van der Waals surface area contributed by atoms with Crippen LogP contribution in [-0.4, -0.2) is 37.9 Å². The Labute approximate surface area is 136 Å². The lowest BCUT2D eigenvalue weighted by Gasteiger charge is -2.13. The predicted molar refractivity (Wildman–Crippen MR) is 83.8 cm³/mol. The lowest BCUT2D eigenvalue weighted by molar-refractivity contribution is 0.258. The molecule has 0 N–H and O–H groups in total. The molecule has 0 bridgehead atoms. The maximum atomic E-state index is 5.93. The minimum Gasteiger partial charge on any atom is -0.338 e. The van der Waals surface area contributed by atoms with Crippen LogP contribution in [0.15, 0.2) is 34.4 Å². The van der Waals surface area contributed by atoms with Crippen LogP contribution in [-0.2, 0) is 6.54 Å². The molecule has 0 spiro atoms. The molecule has 0 saturated carbocycles. The van der Waals surface area contributed by atoms with Gasteiger partial charge in [0.05, 0.1) is 28.7 Å². The van der Waals surface area contributed by atoms with Gasteiger partial charge in [0.25, 0.3) is 0 Å². The molecule has 1 fully saturated rings. The summed E-state index contributed by atoms with van der Waals surface area (Å²) in [5, 5.41) is 11.0. The summed E-state index contributed by atoms with van der Waals surface area (Å²) in [7, 11) is 0. The average Bonchev–Trinajstić information content (AvgIpc) is 3.26. The standard InChI is InChI=1S/C14H14ClN5OS/c15-10-6-16-20(7-10)11-3-4-19(8-11)9-13-17-14(18-21-13)12-2-1-5-22-12/h1-2,5-7,11H,3-4,8-9H2. The highest BCUT2D eigenvalue weighted by Crippen LogP contribution is 2.25. The number of hydrogen-bond donors (Lipinski definition) is 0. The van der Waals surface area contributed by atoms with Crippen molar-refractivity contribution in [3.63, 3.8) is 0 Å². The molecule has 3 aromatic heterocycles. The van der Waals surface area contributed by atoms with Crippen LogP contribution in [0.1, 0.15) is 18.4 Å². The summed E-state index contributed by atoms with van der Waals surface area (Å²) in [6.07, 6.45) is 4.59. The van der Waals surface area contributed by atoms with E-state index < -0.39 is 0 Å². The molecular formula is C14H14ClN5OS. The van der Waals surface area contributed by atoms with Gasteiger partial charge in [0.15, 0.2) is 0 Å². The fourth-order valence-electron chi connectivity index (χ4n) is 2.70. The van der Waals surface area contributed by atoms with Crippen LogP contribution < -0.4 is 0 Å². The number of rotatable bonds is 4. The van der Waals surface area contributed by atoms with Crippen molar-refractivity contribution in [2.24, 2.45) is 0 Å². The van der Waals surface area contributed by atoms with E-state index in [1.807, 2.05) is 28.4 Å². The molecule has 8 heteroatoms. The Bertz CT molecular complexity index is 753. The van der Waals surface area contributed by atoms with E-state index in [1.165, 1.54) is 0 Å². The second kappa shape index (κ2) is 5.83. The zero-order valence-electron chi connectivity index (χ0n) is 11.7. The molecule has 3 aromatic rings. The van der Waals surface area contributed by atoms with E-state index in [9.17, 15) is 0 Å². The molecule has 1 saturated heterocycles. The van der Waals surface area contributed by atoms with Crippen LogP contribution >= 0.6 is 22.9 Å². The van der Waals surface area contributed by atoms with E-state index in [2.05, 4.69) is 20.1 Å². The van der Waals surface area contributed by atoms with Gasteiger partial charge in [0, 0.05) is 19.3 Å². The SMILES string of the molecule is Clc1cnn(C2CCN(Cc3nc(-c4cccs4)no3)C2)c1. The highest BCUT2D eigenvalue weighted by atomic mass is 35.5. The van der Waals surface area contributed by atoms with E-state index in [1.54, 1.807) is 17.5 Å². The molecule has 0 amide bonds. The van der Waals surface area contributed by atoms with E-state index in [4.69, 9.17) is 16.1 Å². The quantitative estimate of drug-likeness (QED) is 0.733. The van der Waals surface area contributed by atoms with Gasteiger partial charge in [0.2, 0.25) is 11.7 Å². The van der Waals surface area contributed by atoms with Crippen LogP contribution in [0.2, 0.25) is 5.02 Å². The van der Waals surface area contributed by atoms with Crippen molar-refractivity contribution >= 4 is 22.9 Å². The van der Waals surface area contributed by atoms with Crippen LogP contribution in [0.4, 0.5) is 0 Å². The molecular weight excluding hydrogens is 322 g/mol. The highest BCUT2D eigenvalue weighted by molar-refractivity contribution is 7.13. The van der Waals surface area contributed by atoms with Gasteiger partial charge >= 0.3 is 0 Å². The van der Waals surface area contributed by atoms with Crippen LogP contribution in [0.5, 0.6) is 0 Å². The van der Waals surface area contributed by atoms with Gasteiger partial charge in [-0.05, 0) is 17.9 Å². The predicted octanol–water partition coefficient (Wildman–Crippen LogP) is 3.10. The molecule has 0 aromatic carbocycles. The van der Waals surface area contributed by atoms with Crippen molar-refractivity contribution in [2.45, 2.75) is 19.0 Å². The van der Waals surface area contributed by atoms with Crippen LogP contribution in [0.25, 0.3) is 10.7 Å². The van der Waals surface area contributed by atoms with Crippen molar-refractivity contribution < 1.29 is 4.52 Å². The first-order valence-corrected chi connectivity index (χ1v) is 8.32. The fraction of sp³-hybridized carbons (Fsp3) is 0.357. The number of nitrogens with zero attached hydrogens (tertiary/aromatic N) is 5. The van der Waals surface area contributed by atoms with Gasteiger partial charge in [-0.2, -0.15) is 10.1 Å². The van der Waals surface area contributed by atoms with Crippen molar-refractivity contribution in [1.29, 1.82) is 0 Å². The van der Waals surface area contributed by atoms with E-state index in [-0.39, 0.29) is 0 Å². The Morgan fingerprint density at radius 2 is 2.41 bits per heavy atom. The second-order valence-corrected chi connectivity index (χ2v) is 6.69.